The lowest BCUT2D eigenvalue weighted by atomic mass is 10.2. The van der Waals surface area contributed by atoms with Gasteiger partial charge >= 0.3 is 0 Å². The molecule has 3 heterocycles. The van der Waals surface area contributed by atoms with Gasteiger partial charge in [0.15, 0.2) is 4.96 Å². The van der Waals surface area contributed by atoms with Crippen LogP contribution in [-0.4, -0.2) is 32.2 Å². The second-order valence-corrected chi connectivity index (χ2v) is 6.56. The van der Waals surface area contributed by atoms with Gasteiger partial charge in [-0.2, -0.15) is 5.26 Å². The van der Waals surface area contributed by atoms with Crippen molar-refractivity contribution in [3.63, 3.8) is 0 Å². The lowest BCUT2D eigenvalue weighted by molar-refractivity contribution is 0.0777. The zero-order chi connectivity index (χ0) is 16.6. The van der Waals surface area contributed by atoms with Gasteiger partial charge in [-0.3, -0.25) is 9.20 Å². The molecule has 0 N–H and O–H groups in total. The van der Waals surface area contributed by atoms with Crippen LogP contribution in [0.15, 0.2) is 24.5 Å². The number of thiazole rings is 1. The fourth-order valence-corrected chi connectivity index (χ4v) is 3.27. The lowest BCUT2D eigenvalue weighted by Crippen LogP contribution is -2.27. The first-order valence-corrected chi connectivity index (χ1v) is 7.87. The van der Waals surface area contributed by atoms with Crippen molar-refractivity contribution >= 4 is 22.2 Å². The number of rotatable bonds is 3. The summed E-state index contributed by atoms with van der Waals surface area (Å²) in [4.78, 5) is 24.8. The first-order valence-electron chi connectivity index (χ1n) is 7.05. The number of amides is 1. The second-order valence-electron chi connectivity index (χ2n) is 5.34. The van der Waals surface area contributed by atoms with E-state index in [1.165, 1.54) is 11.1 Å². The van der Waals surface area contributed by atoms with Gasteiger partial charge in [0, 0.05) is 24.3 Å². The quantitative estimate of drug-likeness (QED) is 0.742. The highest BCUT2D eigenvalue weighted by Gasteiger charge is 2.18. The maximum absolute atomic E-state index is 12.5. The standard InChI is InChI=1S/C16H15N5OS/c1-10-8-21-14(11(2)19-16(21)23-10)9-20(3)15(22)13-5-4-12(6-17)7-18-13/h4-5,7-8H,9H2,1-3H3. The van der Waals surface area contributed by atoms with E-state index < -0.39 is 0 Å². The molecule has 0 aliphatic heterocycles. The van der Waals surface area contributed by atoms with E-state index in [4.69, 9.17) is 5.26 Å². The molecule has 3 aromatic heterocycles. The average Bonchev–Trinajstić information content (AvgIpc) is 3.03. The summed E-state index contributed by atoms with van der Waals surface area (Å²) in [5, 5.41) is 8.79. The Labute approximate surface area is 137 Å². The molecule has 7 heteroatoms. The second kappa shape index (κ2) is 5.82. The Kier molecular flexibility index (Phi) is 3.84. The van der Waals surface area contributed by atoms with Crippen LogP contribution in [0.3, 0.4) is 0 Å². The van der Waals surface area contributed by atoms with E-state index in [1.807, 2.05) is 30.5 Å². The highest BCUT2D eigenvalue weighted by Crippen LogP contribution is 2.21. The van der Waals surface area contributed by atoms with Crippen molar-refractivity contribution < 1.29 is 4.79 Å². The minimum Gasteiger partial charge on any atom is -0.334 e. The molecule has 0 bridgehead atoms. The van der Waals surface area contributed by atoms with E-state index in [2.05, 4.69) is 9.97 Å². The summed E-state index contributed by atoms with van der Waals surface area (Å²) in [6.07, 6.45) is 3.44. The zero-order valence-corrected chi connectivity index (χ0v) is 13.9. The van der Waals surface area contributed by atoms with Crippen LogP contribution in [0.4, 0.5) is 0 Å². The summed E-state index contributed by atoms with van der Waals surface area (Å²) in [5.41, 5.74) is 2.68. The van der Waals surface area contributed by atoms with Crippen LogP contribution in [0.2, 0.25) is 0 Å². The van der Waals surface area contributed by atoms with E-state index in [-0.39, 0.29) is 5.91 Å². The molecule has 116 valence electrons. The predicted octanol–water partition coefficient (Wildman–Crippen LogP) is 2.55. The third kappa shape index (κ3) is 2.81. The summed E-state index contributed by atoms with van der Waals surface area (Å²) in [7, 11) is 1.74. The number of nitrogens with zero attached hydrogens (tertiary/aromatic N) is 5. The molecule has 0 atom stereocenters. The number of nitriles is 1. The minimum absolute atomic E-state index is 0.184. The van der Waals surface area contributed by atoms with Crippen molar-refractivity contribution in [3.8, 4) is 6.07 Å². The molecule has 0 saturated carbocycles. The number of imidazole rings is 1. The highest BCUT2D eigenvalue weighted by atomic mass is 32.1. The monoisotopic (exact) mass is 325 g/mol. The Balaban J connectivity index is 1.84. The van der Waals surface area contributed by atoms with E-state index in [0.717, 1.165) is 16.3 Å². The normalized spacial score (nSPS) is 10.7. The molecule has 3 aromatic rings. The maximum Gasteiger partial charge on any atom is 0.272 e. The molecule has 0 aliphatic carbocycles. The van der Waals surface area contributed by atoms with Gasteiger partial charge in [0.25, 0.3) is 5.91 Å². The van der Waals surface area contributed by atoms with Gasteiger partial charge in [-0.1, -0.05) is 0 Å². The van der Waals surface area contributed by atoms with Gasteiger partial charge in [0.1, 0.15) is 11.8 Å². The Bertz CT molecular complexity index is 916. The highest BCUT2D eigenvalue weighted by molar-refractivity contribution is 7.17. The first-order chi connectivity index (χ1) is 11.0. The average molecular weight is 325 g/mol. The SMILES string of the molecule is Cc1cn2c(CN(C)C(=O)c3ccc(C#N)cn3)c(C)nc2s1. The molecule has 0 unspecified atom stereocenters. The number of hydrogen-bond donors (Lipinski definition) is 0. The van der Waals surface area contributed by atoms with Crippen molar-refractivity contribution in [3.05, 3.63) is 52.0 Å². The number of carbonyl (C=O) groups excluding carboxylic acids is 1. The van der Waals surface area contributed by atoms with Gasteiger partial charge < -0.3 is 4.90 Å². The van der Waals surface area contributed by atoms with Crippen molar-refractivity contribution in [2.45, 2.75) is 20.4 Å². The van der Waals surface area contributed by atoms with Gasteiger partial charge in [0.2, 0.25) is 0 Å². The summed E-state index contributed by atoms with van der Waals surface area (Å²) < 4.78 is 2.03. The van der Waals surface area contributed by atoms with E-state index >= 15 is 0 Å². The topological polar surface area (TPSA) is 74.3 Å². The van der Waals surface area contributed by atoms with E-state index in [9.17, 15) is 4.79 Å². The Morgan fingerprint density at radius 1 is 1.43 bits per heavy atom. The van der Waals surface area contributed by atoms with Gasteiger partial charge in [0.05, 0.1) is 23.5 Å². The molecule has 1 amide bonds. The molecule has 0 aliphatic rings. The number of pyridine rings is 1. The molecule has 0 spiro atoms. The lowest BCUT2D eigenvalue weighted by Gasteiger charge is -2.16. The van der Waals surface area contributed by atoms with Crippen LogP contribution in [0, 0.1) is 25.2 Å². The van der Waals surface area contributed by atoms with E-state index in [1.54, 1.807) is 35.4 Å². The number of aromatic nitrogens is 3. The first kappa shape index (κ1) is 15.2. The van der Waals surface area contributed by atoms with Gasteiger partial charge in [-0.15, -0.1) is 11.3 Å². The molecule has 0 aromatic carbocycles. The maximum atomic E-state index is 12.5. The van der Waals surface area contributed by atoms with Gasteiger partial charge in [-0.05, 0) is 26.0 Å². The van der Waals surface area contributed by atoms with Crippen LogP contribution in [0.5, 0.6) is 0 Å². The number of fused-ring (bicyclic) bond motifs is 1. The molecular weight excluding hydrogens is 310 g/mol. The Morgan fingerprint density at radius 3 is 2.87 bits per heavy atom. The van der Waals surface area contributed by atoms with Crippen molar-refractivity contribution in [2.24, 2.45) is 0 Å². The summed E-state index contributed by atoms with van der Waals surface area (Å²) in [6.45, 7) is 4.43. The third-order valence-corrected chi connectivity index (χ3v) is 4.48. The minimum atomic E-state index is -0.184. The van der Waals surface area contributed by atoms with Crippen LogP contribution in [-0.2, 0) is 6.54 Å². The fraction of sp³-hybridized carbons (Fsp3) is 0.250. The number of aryl methyl sites for hydroxylation is 2. The van der Waals surface area contributed by atoms with Crippen molar-refractivity contribution in [2.75, 3.05) is 7.05 Å². The van der Waals surface area contributed by atoms with Crippen LogP contribution >= 0.6 is 11.3 Å². The number of hydrogen-bond acceptors (Lipinski definition) is 5. The Hall–Kier alpha value is -2.72. The molecule has 0 fully saturated rings. The summed E-state index contributed by atoms with van der Waals surface area (Å²) >= 11 is 1.63. The smallest absolute Gasteiger partial charge is 0.272 e. The van der Waals surface area contributed by atoms with Crippen molar-refractivity contribution in [1.82, 2.24) is 19.3 Å². The largest absolute Gasteiger partial charge is 0.334 e. The molecule has 0 radical (unpaired) electrons. The van der Waals surface area contributed by atoms with E-state index in [0.29, 0.717) is 17.8 Å². The summed E-state index contributed by atoms with van der Waals surface area (Å²) in [6, 6.07) is 5.16. The van der Waals surface area contributed by atoms with Crippen molar-refractivity contribution in [1.29, 1.82) is 5.26 Å². The Morgan fingerprint density at radius 2 is 2.22 bits per heavy atom. The molecule has 3 rings (SSSR count). The van der Waals surface area contributed by atoms with Crippen LogP contribution in [0.1, 0.15) is 32.3 Å². The van der Waals surface area contributed by atoms with Crippen LogP contribution in [0.25, 0.3) is 4.96 Å². The van der Waals surface area contributed by atoms with Crippen LogP contribution < -0.4 is 0 Å². The molecule has 6 nitrogen and oxygen atoms in total. The van der Waals surface area contributed by atoms with Gasteiger partial charge in [-0.25, -0.2) is 9.97 Å². The molecular formula is C16H15N5OS. The predicted molar refractivity (Wildman–Crippen MR) is 87.3 cm³/mol. The fourth-order valence-electron chi connectivity index (χ4n) is 2.38. The molecule has 23 heavy (non-hydrogen) atoms. The number of carbonyl (C=O) groups is 1. The zero-order valence-electron chi connectivity index (χ0n) is 13.1. The third-order valence-electron chi connectivity index (χ3n) is 3.59. The molecule has 0 saturated heterocycles. The summed E-state index contributed by atoms with van der Waals surface area (Å²) in [5.74, 6) is -0.184.